The summed E-state index contributed by atoms with van der Waals surface area (Å²) in [5, 5.41) is 6.14. The van der Waals surface area contributed by atoms with E-state index in [1.807, 2.05) is 37.8 Å². The van der Waals surface area contributed by atoms with E-state index in [1.165, 1.54) is 11.3 Å². The van der Waals surface area contributed by atoms with Crippen molar-refractivity contribution < 1.29 is 4.79 Å². The number of hydrogen-bond acceptors (Lipinski definition) is 4. The minimum atomic E-state index is -0.0474. The van der Waals surface area contributed by atoms with E-state index in [0.29, 0.717) is 5.56 Å². The summed E-state index contributed by atoms with van der Waals surface area (Å²) in [7, 11) is 3.68. The number of hydrogen-bond donors (Lipinski definition) is 2. The van der Waals surface area contributed by atoms with Crippen LogP contribution in [0.15, 0.2) is 36.8 Å². The van der Waals surface area contributed by atoms with Gasteiger partial charge in [0.05, 0.1) is 12.0 Å². The number of nitrogens with one attached hydrogen (secondary N) is 2. The maximum absolute atomic E-state index is 11.9. The fraction of sp³-hybridized carbons (Fsp3) is 0.412. The predicted octanol–water partition coefficient (Wildman–Crippen LogP) is 0.926. The van der Waals surface area contributed by atoms with E-state index >= 15 is 0 Å². The monoisotopic (exact) mass is 313 g/mol. The summed E-state index contributed by atoms with van der Waals surface area (Å²) in [5.74, 6) is -0.0474. The van der Waals surface area contributed by atoms with Crippen LogP contribution < -0.4 is 10.6 Å². The number of aryl methyl sites for hydroxylation is 1. The summed E-state index contributed by atoms with van der Waals surface area (Å²) >= 11 is 0. The van der Waals surface area contributed by atoms with Gasteiger partial charge in [0.25, 0.3) is 5.91 Å². The number of nitrogens with zero attached hydrogens (tertiary/aromatic N) is 3. The summed E-state index contributed by atoms with van der Waals surface area (Å²) < 4.78 is 2.06. The van der Waals surface area contributed by atoms with E-state index < -0.39 is 0 Å². The third-order valence-corrected chi connectivity index (χ3v) is 4.40. The number of rotatable bonds is 4. The third kappa shape index (κ3) is 3.43. The molecule has 6 nitrogen and oxygen atoms in total. The molecule has 2 aromatic rings. The molecule has 122 valence electrons. The molecule has 1 aliphatic rings. The minimum Gasteiger partial charge on any atom is -0.355 e. The summed E-state index contributed by atoms with van der Waals surface area (Å²) in [6.45, 7) is 3.69. The molecule has 0 aliphatic carbocycles. The van der Waals surface area contributed by atoms with Crippen LogP contribution in [-0.2, 0) is 13.6 Å². The van der Waals surface area contributed by atoms with Gasteiger partial charge in [0.1, 0.15) is 0 Å². The van der Waals surface area contributed by atoms with Crippen molar-refractivity contribution in [3.8, 4) is 0 Å². The molecule has 1 fully saturated rings. The zero-order valence-corrected chi connectivity index (χ0v) is 13.6. The number of aromatic nitrogens is 2. The molecule has 2 N–H and O–H groups in total. The summed E-state index contributed by atoms with van der Waals surface area (Å²) in [4.78, 5) is 18.5. The van der Waals surface area contributed by atoms with Gasteiger partial charge in [-0.25, -0.2) is 4.98 Å². The molecule has 0 radical (unpaired) electrons. The molecule has 23 heavy (non-hydrogen) atoms. The van der Waals surface area contributed by atoms with Gasteiger partial charge in [-0.1, -0.05) is 12.1 Å². The van der Waals surface area contributed by atoms with Crippen LogP contribution in [-0.4, -0.2) is 47.0 Å². The molecule has 1 aromatic heterocycles. The molecule has 1 saturated heterocycles. The summed E-state index contributed by atoms with van der Waals surface area (Å²) in [5.41, 5.74) is 3.07. The Morgan fingerprint density at radius 1 is 1.48 bits per heavy atom. The predicted molar refractivity (Wildman–Crippen MR) is 89.1 cm³/mol. The van der Waals surface area contributed by atoms with Crippen molar-refractivity contribution in [1.82, 2.24) is 25.1 Å². The van der Waals surface area contributed by atoms with E-state index in [-0.39, 0.29) is 11.9 Å². The lowest BCUT2D eigenvalue weighted by Gasteiger charge is -2.36. The molecule has 6 heteroatoms. The van der Waals surface area contributed by atoms with E-state index in [2.05, 4.69) is 31.2 Å². The van der Waals surface area contributed by atoms with Crippen LogP contribution in [0.3, 0.4) is 0 Å². The van der Waals surface area contributed by atoms with Gasteiger partial charge in [-0.3, -0.25) is 9.69 Å². The molecule has 1 aliphatic heterocycles. The first kappa shape index (κ1) is 15.7. The largest absolute Gasteiger partial charge is 0.355 e. The Labute approximate surface area is 136 Å². The summed E-state index contributed by atoms with van der Waals surface area (Å²) in [6.07, 6.45) is 3.75. The second-order valence-electron chi connectivity index (χ2n) is 5.89. The van der Waals surface area contributed by atoms with Crippen LogP contribution in [0.25, 0.3) is 0 Å². The number of amides is 1. The highest BCUT2D eigenvalue weighted by atomic mass is 16.1. The normalized spacial score (nSPS) is 18.8. The Kier molecular flexibility index (Phi) is 4.73. The molecule has 0 saturated carbocycles. The van der Waals surface area contributed by atoms with E-state index in [1.54, 1.807) is 7.05 Å². The van der Waals surface area contributed by atoms with Crippen molar-refractivity contribution >= 4 is 5.91 Å². The van der Waals surface area contributed by atoms with Gasteiger partial charge in [-0.2, -0.15) is 0 Å². The standard InChI is InChI=1S/C17H23N5O/c1-18-17(23)14-5-3-4-13(8-14)16-10-19-6-7-22(16)11-15-9-20-12-21(15)2/h3-5,8-9,12,16,19H,6-7,10-11H2,1-2H3,(H,18,23)/t16-/m1/s1. The highest BCUT2D eigenvalue weighted by molar-refractivity contribution is 5.94. The van der Waals surface area contributed by atoms with Crippen molar-refractivity contribution in [2.24, 2.45) is 7.05 Å². The zero-order chi connectivity index (χ0) is 16.2. The Morgan fingerprint density at radius 2 is 2.35 bits per heavy atom. The van der Waals surface area contributed by atoms with Crippen molar-refractivity contribution in [2.75, 3.05) is 26.7 Å². The quantitative estimate of drug-likeness (QED) is 0.881. The molecular formula is C17H23N5O. The first-order valence-electron chi connectivity index (χ1n) is 7.91. The van der Waals surface area contributed by atoms with E-state index in [0.717, 1.165) is 26.2 Å². The number of piperazine rings is 1. The van der Waals surface area contributed by atoms with Crippen molar-refractivity contribution in [2.45, 2.75) is 12.6 Å². The molecule has 0 spiro atoms. The van der Waals surface area contributed by atoms with Gasteiger partial charge in [0.2, 0.25) is 0 Å². The Bertz CT molecular complexity index is 681. The molecule has 2 heterocycles. The second kappa shape index (κ2) is 6.93. The summed E-state index contributed by atoms with van der Waals surface area (Å²) in [6, 6.07) is 8.15. The average molecular weight is 313 g/mol. The highest BCUT2D eigenvalue weighted by Crippen LogP contribution is 2.24. The van der Waals surface area contributed by atoms with Crippen molar-refractivity contribution in [3.63, 3.8) is 0 Å². The lowest BCUT2D eigenvalue weighted by atomic mass is 10.0. The van der Waals surface area contributed by atoms with Crippen LogP contribution in [0.5, 0.6) is 0 Å². The first-order valence-corrected chi connectivity index (χ1v) is 7.91. The van der Waals surface area contributed by atoms with Crippen LogP contribution in [0.1, 0.15) is 27.7 Å². The smallest absolute Gasteiger partial charge is 0.251 e. The Hall–Kier alpha value is -2.18. The van der Waals surface area contributed by atoms with Crippen LogP contribution in [0.2, 0.25) is 0 Å². The SMILES string of the molecule is CNC(=O)c1cccc([C@H]2CNCCN2Cc2cncn2C)c1. The lowest BCUT2D eigenvalue weighted by Crippen LogP contribution is -2.45. The third-order valence-electron chi connectivity index (χ3n) is 4.40. The van der Waals surface area contributed by atoms with Crippen LogP contribution >= 0.6 is 0 Å². The lowest BCUT2D eigenvalue weighted by molar-refractivity contribution is 0.0962. The molecule has 3 rings (SSSR count). The number of carbonyl (C=O) groups excluding carboxylic acids is 1. The topological polar surface area (TPSA) is 62.2 Å². The molecular weight excluding hydrogens is 290 g/mol. The Morgan fingerprint density at radius 3 is 3.09 bits per heavy atom. The fourth-order valence-electron chi connectivity index (χ4n) is 3.04. The maximum atomic E-state index is 11.9. The van der Waals surface area contributed by atoms with Gasteiger partial charge >= 0.3 is 0 Å². The van der Waals surface area contributed by atoms with E-state index in [9.17, 15) is 4.79 Å². The highest BCUT2D eigenvalue weighted by Gasteiger charge is 2.25. The number of carbonyl (C=O) groups is 1. The van der Waals surface area contributed by atoms with E-state index in [4.69, 9.17) is 0 Å². The minimum absolute atomic E-state index is 0.0474. The van der Waals surface area contributed by atoms with Gasteiger partial charge < -0.3 is 15.2 Å². The van der Waals surface area contributed by atoms with Gasteiger partial charge in [0.15, 0.2) is 0 Å². The number of imidazole rings is 1. The fourth-order valence-corrected chi connectivity index (χ4v) is 3.04. The molecule has 1 amide bonds. The molecule has 0 bridgehead atoms. The maximum Gasteiger partial charge on any atom is 0.251 e. The second-order valence-corrected chi connectivity index (χ2v) is 5.89. The molecule has 1 atom stereocenters. The zero-order valence-electron chi connectivity index (χ0n) is 13.6. The molecule has 0 unspecified atom stereocenters. The average Bonchev–Trinajstić information content (AvgIpc) is 2.99. The van der Waals surface area contributed by atoms with Crippen LogP contribution in [0.4, 0.5) is 0 Å². The number of benzene rings is 1. The van der Waals surface area contributed by atoms with Gasteiger partial charge in [-0.05, 0) is 17.7 Å². The Balaban J connectivity index is 1.83. The van der Waals surface area contributed by atoms with Crippen molar-refractivity contribution in [1.29, 1.82) is 0 Å². The van der Waals surface area contributed by atoms with Gasteiger partial charge in [-0.15, -0.1) is 0 Å². The van der Waals surface area contributed by atoms with Crippen molar-refractivity contribution in [3.05, 3.63) is 53.6 Å². The van der Waals surface area contributed by atoms with Crippen LogP contribution in [0, 0.1) is 0 Å². The molecule has 1 aromatic carbocycles. The first-order chi connectivity index (χ1) is 11.2. The van der Waals surface area contributed by atoms with Gasteiger partial charge in [0, 0.05) is 58.1 Å².